The summed E-state index contributed by atoms with van der Waals surface area (Å²) in [5.74, 6) is 1.26. The van der Waals surface area contributed by atoms with E-state index in [2.05, 4.69) is 47.2 Å². The average molecular weight is 458 g/mol. The minimum absolute atomic E-state index is 0.205. The van der Waals surface area contributed by atoms with E-state index < -0.39 is 11.9 Å². The van der Waals surface area contributed by atoms with Crippen molar-refractivity contribution in [2.24, 2.45) is 10.9 Å². The van der Waals surface area contributed by atoms with Crippen LogP contribution in [0.4, 0.5) is 8.78 Å². The van der Waals surface area contributed by atoms with Crippen molar-refractivity contribution < 1.29 is 13.6 Å². The molecule has 0 aliphatic rings. The normalized spacial score (nSPS) is 13.1. The molecule has 0 aromatic carbocycles. The Morgan fingerprint density at radius 1 is 1.38 bits per heavy atom. The number of carbonyl (C=O) groups is 1. The quantitative estimate of drug-likeness (QED) is 0.156. The van der Waals surface area contributed by atoms with Gasteiger partial charge in [-0.15, -0.1) is 11.5 Å². The zero-order chi connectivity index (χ0) is 23.8. The molecule has 32 heavy (non-hydrogen) atoms. The summed E-state index contributed by atoms with van der Waals surface area (Å²) >= 11 is 0. The van der Waals surface area contributed by atoms with E-state index in [0.29, 0.717) is 17.9 Å². The predicted molar refractivity (Wildman–Crippen MR) is 130 cm³/mol. The van der Waals surface area contributed by atoms with E-state index in [1.807, 2.05) is 11.9 Å². The zero-order valence-corrected chi connectivity index (χ0v) is 19.7. The molecule has 0 saturated carbocycles. The van der Waals surface area contributed by atoms with Crippen LogP contribution in [0.5, 0.6) is 0 Å². The SMILES string of the molecule is C=C(F)C=C=C(/C=C(/F)CC)CC(C/N=C\C(=C=CC(C)CC)c1cnccp1)NC=O. The second kappa shape index (κ2) is 15.8. The summed E-state index contributed by atoms with van der Waals surface area (Å²) in [6.07, 6.45) is 11.6. The molecule has 1 aromatic rings. The van der Waals surface area contributed by atoms with E-state index in [1.54, 1.807) is 25.5 Å². The highest BCUT2D eigenvalue weighted by molar-refractivity contribution is 7.31. The van der Waals surface area contributed by atoms with Crippen molar-refractivity contribution in [1.82, 2.24) is 10.3 Å². The number of rotatable bonds is 13. The number of amides is 1. The molecule has 0 fully saturated rings. The number of allylic oxidation sites excluding steroid dienone is 4. The maximum atomic E-state index is 13.8. The third-order valence-electron chi connectivity index (χ3n) is 4.41. The van der Waals surface area contributed by atoms with Crippen molar-refractivity contribution in [3.8, 4) is 0 Å². The zero-order valence-electron chi connectivity index (χ0n) is 18.8. The predicted octanol–water partition coefficient (Wildman–Crippen LogP) is 6.65. The molecule has 1 N–H and O–H groups in total. The number of nitrogens with zero attached hydrogens (tertiary/aromatic N) is 2. The van der Waals surface area contributed by atoms with Crippen molar-refractivity contribution >= 4 is 26.4 Å². The summed E-state index contributed by atoms with van der Waals surface area (Å²) in [5.41, 5.74) is 7.22. The number of hydrogen-bond acceptors (Lipinski definition) is 3. The van der Waals surface area contributed by atoms with Gasteiger partial charge in [-0.25, -0.2) is 8.78 Å². The summed E-state index contributed by atoms with van der Waals surface area (Å²) < 4.78 is 26.8. The van der Waals surface area contributed by atoms with E-state index in [4.69, 9.17) is 0 Å². The van der Waals surface area contributed by atoms with Gasteiger partial charge in [-0.1, -0.05) is 35.5 Å². The molecule has 0 aliphatic heterocycles. The Kier molecular flexibility index (Phi) is 13.4. The topological polar surface area (TPSA) is 54.4 Å². The van der Waals surface area contributed by atoms with Gasteiger partial charge in [-0.3, -0.25) is 14.8 Å². The number of aliphatic imine (C=N–C) groups is 1. The van der Waals surface area contributed by atoms with Gasteiger partial charge in [-0.2, -0.15) is 0 Å². The van der Waals surface area contributed by atoms with Crippen LogP contribution in [-0.2, 0) is 4.79 Å². The lowest BCUT2D eigenvalue weighted by atomic mass is 10.1. The van der Waals surface area contributed by atoms with Crippen LogP contribution in [0, 0.1) is 5.92 Å². The summed E-state index contributed by atoms with van der Waals surface area (Å²) in [6, 6.07) is -0.421. The van der Waals surface area contributed by atoms with Crippen molar-refractivity contribution in [3.63, 3.8) is 0 Å². The summed E-state index contributed by atoms with van der Waals surface area (Å²) in [4.78, 5) is 19.7. The second-order valence-electron chi connectivity index (χ2n) is 7.09. The molecule has 0 bridgehead atoms. The lowest BCUT2D eigenvalue weighted by Gasteiger charge is -2.13. The fourth-order valence-corrected chi connectivity index (χ4v) is 3.10. The first-order valence-corrected chi connectivity index (χ1v) is 11.4. The molecule has 1 rings (SSSR count). The van der Waals surface area contributed by atoms with Crippen LogP contribution in [0.25, 0.3) is 5.57 Å². The highest BCUT2D eigenvalue weighted by Gasteiger charge is 2.10. The molecule has 0 radical (unpaired) electrons. The Hall–Kier alpha value is -2.90. The minimum atomic E-state index is -0.687. The van der Waals surface area contributed by atoms with Crippen LogP contribution >= 0.6 is 8.19 Å². The molecule has 7 heteroatoms. The van der Waals surface area contributed by atoms with E-state index >= 15 is 0 Å². The van der Waals surface area contributed by atoms with Gasteiger partial charge >= 0.3 is 0 Å². The van der Waals surface area contributed by atoms with E-state index in [-0.39, 0.29) is 25.2 Å². The molecule has 170 valence electrons. The Labute approximate surface area is 191 Å². The van der Waals surface area contributed by atoms with E-state index in [0.717, 1.165) is 31.6 Å². The Morgan fingerprint density at radius 2 is 2.16 bits per heavy atom. The van der Waals surface area contributed by atoms with Crippen molar-refractivity contribution in [2.75, 3.05) is 6.54 Å². The Bertz CT molecular complexity index is 941. The van der Waals surface area contributed by atoms with Gasteiger partial charge in [0.25, 0.3) is 0 Å². The molecule has 1 heterocycles. The molecular weight excluding hydrogens is 427 g/mol. The van der Waals surface area contributed by atoms with Gasteiger partial charge in [0.15, 0.2) is 0 Å². The van der Waals surface area contributed by atoms with Gasteiger partial charge in [-0.05, 0) is 42.3 Å². The molecule has 1 amide bonds. The number of nitrogens with one attached hydrogen (secondary N) is 1. The van der Waals surface area contributed by atoms with Gasteiger partial charge in [0.1, 0.15) is 11.7 Å². The summed E-state index contributed by atoms with van der Waals surface area (Å²) in [6.45, 7) is 9.29. The standard InChI is InChI=1S/C25H30F2N3OP/c1-5-19(3)7-10-22(25-17-28-11-12-32-25)15-29-16-24(30-18-31)14-21(9-8-20(4)26)13-23(27)6-2/h7-8,11-13,15,17-19,24H,4-6,14,16H2,1-3H3,(H,30,31)/b23-13+,29-15-. The Morgan fingerprint density at radius 3 is 2.75 bits per heavy atom. The molecular formula is C25H30F2N3OP. The van der Waals surface area contributed by atoms with Gasteiger partial charge in [0.2, 0.25) is 6.41 Å². The van der Waals surface area contributed by atoms with Gasteiger partial charge in [0.05, 0.1) is 12.6 Å². The van der Waals surface area contributed by atoms with E-state index in [1.165, 1.54) is 6.08 Å². The summed E-state index contributed by atoms with van der Waals surface area (Å²) in [5, 5.41) is 3.65. The maximum Gasteiger partial charge on any atom is 0.207 e. The number of halogens is 2. The van der Waals surface area contributed by atoms with Crippen LogP contribution in [-0.4, -0.2) is 30.2 Å². The third kappa shape index (κ3) is 11.5. The smallest absolute Gasteiger partial charge is 0.207 e. The summed E-state index contributed by atoms with van der Waals surface area (Å²) in [7, 11) is 0.994. The number of carbonyl (C=O) groups excluding carboxylic acids is 1. The fourth-order valence-electron chi connectivity index (χ4n) is 2.40. The van der Waals surface area contributed by atoms with Crippen LogP contribution < -0.4 is 5.32 Å². The van der Waals surface area contributed by atoms with Crippen molar-refractivity contribution in [3.05, 3.63) is 77.0 Å². The van der Waals surface area contributed by atoms with Crippen LogP contribution in [0.15, 0.2) is 76.7 Å². The largest absolute Gasteiger partial charge is 0.354 e. The molecule has 0 aliphatic carbocycles. The van der Waals surface area contributed by atoms with E-state index in [9.17, 15) is 13.6 Å². The minimum Gasteiger partial charge on any atom is -0.354 e. The first-order valence-electron chi connectivity index (χ1n) is 10.5. The monoisotopic (exact) mass is 457 g/mol. The lowest BCUT2D eigenvalue weighted by Crippen LogP contribution is -2.31. The average Bonchev–Trinajstić information content (AvgIpc) is 2.79. The first kappa shape index (κ1) is 27.1. The van der Waals surface area contributed by atoms with Gasteiger partial charge in [0, 0.05) is 42.0 Å². The molecule has 0 spiro atoms. The molecule has 2 unspecified atom stereocenters. The Balaban J connectivity index is 3.13. The van der Waals surface area contributed by atoms with Crippen molar-refractivity contribution in [2.45, 2.75) is 46.1 Å². The molecule has 2 atom stereocenters. The molecule has 0 saturated heterocycles. The highest BCUT2D eigenvalue weighted by Crippen LogP contribution is 2.20. The fraction of sp³-hybridized carbons (Fsp3) is 0.360. The second-order valence-corrected chi connectivity index (χ2v) is 8.12. The first-order chi connectivity index (χ1) is 15.4. The van der Waals surface area contributed by atoms with Crippen molar-refractivity contribution in [1.29, 1.82) is 0 Å². The number of hydrogen-bond donors (Lipinski definition) is 1. The van der Waals surface area contributed by atoms with Crippen LogP contribution in [0.1, 0.15) is 45.3 Å². The highest BCUT2D eigenvalue weighted by atomic mass is 31.0. The number of aromatic nitrogens is 1. The maximum absolute atomic E-state index is 13.8. The lowest BCUT2D eigenvalue weighted by molar-refractivity contribution is -0.110. The van der Waals surface area contributed by atoms with Crippen LogP contribution in [0.3, 0.4) is 0 Å². The third-order valence-corrected chi connectivity index (χ3v) is 5.32. The molecule has 1 aromatic heterocycles. The van der Waals surface area contributed by atoms with Gasteiger partial charge < -0.3 is 5.32 Å². The van der Waals surface area contributed by atoms with Crippen LogP contribution in [0.2, 0.25) is 0 Å². The molecule has 4 nitrogen and oxygen atoms in total.